The van der Waals surface area contributed by atoms with Crippen LogP contribution in [0.5, 0.6) is 0 Å². The predicted molar refractivity (Wildman–Crippen MR) is 118 cm³/mol. The van der Waals surface area contributed by atoms with Gasteiger partial charge in [0.05, 0.1) is 11.7 Å². The van der Waals surface area contributed by atoms with Gasteiger partial charge in [-0.2, -0.15) is 5.10 Å². The van der Waals surface area contributed by atoms with Crippen LogP contribution in [0.2, 0.25) is 0 Å². The van der Waals surface area contributed by atoms with Gasteiger partial charge in [0.25, 0.3) is 6.47 Å². The van der Waals surface area contributed by atoms with E-state index in [9.17, 15) is 4.79 Å². The Kier molecular flexibility index (Phi) is 8.31. The number of benzene rings is 2. The number of hydrogen-bond donors (Lipinski definition) is 2. The second-order valence-electron chi connectivity index (χ2n) is 7.06. The highest BCUT2D eigenvalue weighted by atomic mass is 16.3. The van der Waals surface area contributed by atoms with E-state index in [2.05, 4.69) is 10.4 Å². The molecule has 7 heteroatoms. The summed E-state index contributed by atoms with van der Waals surface area (Å²) in [4.78, 5) is 23.4. The second-order valence-corrected chi connectivity index (χ2v) is 7.06. The van der Waals surface area contributed by atoms with Crippen molar-refractivity contribution in [1.82, 2.24) is 14.7 Å². The van der Waals surface area contributed by atoms with Crippen molar-refractivity contribution in [2.24, 2.45) is 7.05 Å². The highest BCUT2D eigenvalue weighted by Crippen LogP contribution is 2.31. The Bertz CT molecular complexity index is 953. The van der Waals surface area contributed by atoms with Crippen LogP contribution in [0.15, 0.2) is 60.7 Å². The van der Waals surface area contributed by atoms with Crippen LogP contribution >= 0.6 is 0 Å². The average Bonchev–Trinajstić information content (AvgIpc) is 3.00. The number of nitrogens with zero attached hydrogens (tertiary/aromatic N) is 3. The summed E-state index contributed by atoms with van der Waals surface area (Å²) in [6, 6.07) is 19.8. The van der Waals surface area contributed by atoms with Gasteiger partial charge in [0, 0.05) is 12.6 Å². The molecule has 7 nitrogen and oxygen atoms in total. The molecule has 0 bridgehead atoms. The summed E-state index contributed by atoms with van der Waals surface area (Å²) in [7, 11) is 5.72. The van der Waals surface area contributed by atoms with Crippen LogP contribution in [0.1, 0.15) is 11.3 Å². The fraction of sp³-hybridized carbons (Fsp3) is 0.261. The van der Waals surface area contributed by atoms with E-state index in [0.29, 0.717) is 6.42 Å². The molecule has 0 saturated carbocycles. The standard InChI is InChI=1S/C22H26N4O.CH2O2/c1-16-20(18-13-9-6-10-14-18)21(26(4)24-16)23-22(27)19(25(2)3)15-17-11-7-5-8-12-17;2-1-3/h5-14,19H,15H2,1-4H3,(H,23,27);1H,(H,2,3)/t19-;/m0./s1. The van der Waals surface area contributed by atoms with Gasteiger partial charge in [-0.3, -0.25) is 19.2 Å². The summed E-state index contributed by atoms with van der Waals surface area (Å²) >= 11 is 0. The number of amides is 1. The SMILES string of the molecule is Cc1nn(C)c(NC(=O)[C@H](Cc2ccccc2)N(C)C)c1-c1ccccc1.O=CO. The molecule has 3 aromatic rings. The molecule has 0 unspecified atom stereocenters. The Hall–Kier alpha value is -3.45. The minimum atomic E-state index is -0.272. The molecule has 2 aromatic carbocycles. The van der Waals surface area contributed by atoms with Crippen molar-refractivity contribution < 1.29 is 14.7 Å². The molecule has 0 spiro atoms. The van der Waals surface area contributed by atoms with Crippen LogP contribution in [-0.2, 0) is 23.1 Å². The zero-order valence-electron chi connectivity index (χ0n) is 17.7. The summed E-state index contributed by atoms with van der Waals surface area (Å²) in [6.45, 7) is 1.71. The molecule has 0 fully saturated rings. The fourth-order valence-corrected chi connectivity index (χ4v) is 3.30. The van der Waals surface area contributed by atoms with Crippen molar-refractivity contribution in [3.63, 3.8) is 0 Å². The number of likely N-dealkylation sites (N-methyl/N-ethyl adjacent to an activating group) is 1. The average molecular weight is 409 g/mol. The first-order valence-electron chi connectivity index (χ1n) is 9.57. The molecule has 0 radical (unpaired) electrons. The maximum absolute atomic E-state index is 13.1. The summed E-state index contributed by atoms with van der Waals surface area (Å²) in [6.07, 6.45) is 0.650. The number of aromatic nitrogens is 2. The predicted octanol–water partition coefficient (Wildman–Crippen LogP) is 3.21. The molecule has 2 N–H and O–H groups in total. The number of anilines is 1. The Morgan fingerprint density at radius 2 is 1.67 bits per heavy atom. The Morgan fingerprint density at radius 1 is 1.13 bits per heavy atom. The van der Waals surface area contributed by atoms with E-state index >= 15 is 0 Å². The van der Waals surface area contributed by atoms with Crippen molar-refractivity contribution in [2.45, 2.75) is 19.4 Å². The lowest BCUT2D eigenvalue weighted by molar-refractivity contribution is -0.123. The van der Waals surface area contributed by atoms with E-state index in [1.807, 2.05) is 93.6 Å². The third-order valence-corrected chi connectivity index (χ3v) is 4.72. The van der Waals surface area contributed by atoms with Crippen molar-refractivity contribution in [2.75, 3.05) is 19.4 Å². The van der Waals surface area contributed by atoms with Crippen LogP contribution in [0.25, 0.3) is 11.1 Å². The number of carbonyl (C=O) groups excluding carboxylic acids is 1. The molecule has 0 aliphatic heterocycles. The van der Waals surface area contributed by atoms with Gasteiger partial charge in [0.1, 0.15) is 5.82 Å². The van der Waals surface area contributed by atoms with Gasteiger partial charge >= 0.3 is 0 Å². The van der Waals surface area contributed by atoms with Gasteiger partial charge in [0.2, 0.25) is 5.91 Å². The van der Waals surface area contributed by atoms with E-state index in [1.54, 1.807) is 4.68 Å². The monoisotopic (exact) mass is 408 g/mol. The molecule has 1 atom stereocenters. The molecule has 1 heterocycles. The van der Waals surface area contributed by atoms with E-state index in [0.717, 1.165) is 28.2 Å². The first kappa shape index (κ1) is 22.8. The highest BCUT2D eigenvalue weighted by Gasteiger charge is 2.24. The number of hydrogen-bond acceptors (Lipinski definition) is 4. The number of nitrogens with one attached hydrogen (secondary N) is 1. The van der Waals surface area contributed by atoms with Gasteiger partial charge in [-0.1, -0.05) is 60.7 Å². The minimum Gasteiger partial charge on any atom is -0.483 e. The molecule has 3 rings (SSSR count). The quantitative estimate of drug-likeness (QED) is 0.612. The van der Waals surface area contributed by atoms with Crippen molar-refractivity contribution >= 4 is 18.2 Å². The van der Waals surface area contributed by atoms with E-state index in [-0.39, 0.29) is 18.4 Å². The third kappa shape index (κ3) is 5.78. The van der Waals surface area contributed by atoms with E-state index in [4.69, 9.17) is 9.90 Å². The van der Waals surface area contributed by atoms with Crippen molar-refractivity contribution in [1.29, 1.82) is 0 Å². The molecular weight excluding hydrogens is 380 g/mol. The van der Waals surface area contributed by atoms with Gasteiger partial charge in [-0.25, -0.2) is 0 Å². The van der Waals surface area contributed by atoms with Gasteiger partial charge in [-0.05, 0) is 38.6 Å². The van der Waals surface area contributed by atoms with Crippen molar-refractivity contribution in [3.05, 3.63) is 71.9 Å². The Labute approximate surface area is 177 Å². The van der Waals surface area contributed by atoms with Crippen LogP contribution in [0.4, 0.5) is 5.82 Å². The van der Waals surface area contributed by atoms with Gasteiger partial charge < -0.3 is 10.4 Å². The number of rotatable bonds is 6. The summed E-state index contributed by atoms with van der Waals surface area (Å²) < 4.78 is 1.74. The third-order valence-electron chi connectivity index (χ3n) is 4.72. The lowest BCUT2D eigenvalue weighted by Crippen LogP contribution is -2.41. The first-order valence-corrected chi connectivity index (χ1v) is 9.57. The van der Waals surface area contributed by atoms with Crippen LogP contribution in [0.3, 0.4) is 0 Å². The number of carbonyl (C=O) groups is 2. The zero-order chi connectivity index (χ0) is 22.1. The molecule has 1 aromatic heterocycles. The van der Waals surface area contributed by atoms with Gasteiger partial charge in [-0.15, -0.1) is 0 Å². The highest BCUT2D eigenvalue weighted by molar-refractivity contribution is 5.98. The van der Waals surface area contributed by atoms with Crippen LogP contribution in [0, 0.1) is 6.92 Å². The van der Waals surface area contributed by atoms with E-state index < -0.39 is 0 Å². The molecule has 0 aliphatic rings. The number of aryl methyl sites for hydroxylation is 2. The minimum absolute atomic E-state index is 0.0379. The zero-order valence-corrected chi connectivity index (χ0v) is 17.7. The maximum atomic E-state index is 13.1. The Balaban J connectivity index is 0.00000101. The molecule has 1 amide bonds. The Morgan fingerprint density at radius 3 is 2.20 bits per heavy atom. The normalized spacial score (nSPS) is 11.4. The molecule has 0 saturated heterocycles. The molecule has 158 valence electrons. The lowest BCUT2D eigenvalue weighted by Gasteiger charge is -2.24. The molecular formula is C23H28N4O3. The molecule has 0 aliphatic carbocycles. The van der Waals surface area contributed by atoms with Crippen LogP contribution < -0.4 is 5.32 Å². The maximum Gasteiger partial charge on any atom is 0.290 e. The van der Waals surface area contributed by atoms with Crippen molar-refractivity contribution in [3.8, 4) is 11.1 Å². The largest absolute Gasteiger partial charge is 0.483 e. The molecule has 30 heavy (non-hydrogen) atoms. The summed E-state index contributed by atoms with van der Waals surface area (Å²) in [5, 5.41) is 14.5. The van der Waals surface area contributed by atoms with Gasteiger partial charge in [0.15, 0.2) is 0 Å². The van der Waals surface area contributed by atoms with Crippen LogP contribution in [-0.4, -0.2) is 52.3 Å². The van der Waals surface area contributed by atoms with E-state index in [1.165, 1.54) is 0 Å². The summed E-state index contributed by atoms with van der Waals surface area (Å²) in [5.74, 6) is 0.688. The topological polar surface area (TPSA) is 87.5 Å². The number of carboxylic acid groups (broad SMARTS) is 1. The first-order chi connectivity index (χ1) is 14.4. The second kappa shape index (κ2) is 10.9. The fourth-order valence-electron chi connectivity index (χ4n) is 3.30. The lowest BCUT2D eigenvalue weighted by atomic mass is 10.0. The summed E-state index contributed by atoms with van der Waals surface area (Å²) in [5.41, 5.74) is 4.03. The smallest absolute Gasteiger partial charge is 0.290 e.